The number of fused-ring (bicyclic) bond motifs is 3. The van der Waals surface area contributed by atoms with Gasteiger partial charge in [0.05, 0.1) is 65.0 Å². The van der Waals surface area contributed by atoms with E-state index in [4.69, 9.17) is 49.6 Å². The number of halogens is 1. The van der Waals surface area contributed by atoms with Crippen molar-refractivity contribution in [3.63, 3.8) is 0 Å². The average Bonchev–Trinajstić information content (AvgIpc) is 3.27. The first-order valence-corrected chi connectivity index (χ1v) is 15.4. The summed E-state index contributed by atoms with van der Waals surface area (Å²) in [4.78, 5) is 8.97. The molecule has 1 aromatic carbocycles. The minimum absolute atomic E-state index is 0.0626. The number of hydrogen-bond acceptors (Lipinski definition) is 9. The Balaban J connectivity index is 2.01. The van der Waals surface area contributed by atoms with Gasteiger partial charge in [-0.15, -0.1) is 0 Å². The van der Waals surface area contributed by atoms with E-state index in [-0.39, 0.29) is 33.6 Å². The van der Waals surface area contributed by atoms with Crippen molar-refractivity contribution in [2.45, 2.75) is 28.9 Å². The maximum atomic E-state index is 15.7. The lowest BCUT2D eigenvalue weighted by atomic mass is 9.41. The predicted molar refractivity (Wildman–Crippen MR) is 166 cm³/mol. The molecule has 0 aliphatic carbocycles. The standard InChI is InChI=1S/C28H30B3FN6O4S/c1-37(34)24(26(33)28(29,30)31)16-12-19-22(35-13-16)21-25(20(43(3,39)40)14-36-27(21)41-2)38(19)23(15-8-10-42-11-9-15)17-6-4-5-7-18(17)32/h4-7,12-15,23H,8-11,33-34H2,1-3H3/b26-24-/t23-/m0/s1. The molecule has 15 heteroatoms. The van der Waals surface area contributed by atoms with E-state index >= 15 is 4.39 Å². The van der Waals surface area contributed by atoms with Crippen LogP contribution in [0.4, 0.5) is 4.39 Å². The number of rotatable bonds is 8. The lowest BCUT2D eigenvalue weighted by Crippen LogP contribution is -2.32. The number of allylic oxidation sites excluding steroid dienone is 1. The van der Waals surface area contributed by atoms with Crippen LogP contribution in [0, 0.1) is 11.7 Å². The van der Waals surface area contributed by atoms with Crippen LogP contribution in [0.1, 0.15) is 30.0 Å². The maximum absolute atomic E-state index is 15.7. The average molecular weight is 598 g/mol. The summed E-state index contributed by atoms with van der Waals surface area (Å²) in [7, 11) is 16.9. The van der Waals surface area contributed by atoms with Crippen LogP contribution in [-0.2, 0) is 14.6 Å². The van der Waals surface area contributed by atoms with E-state index in [0.29, 0.717) is 53.6 Å². The third-order valence-electron chi connectivity index (χ3n) is 7.74. The fourth-order valence-corrected chi connectivity index (χ4v) is 6.61. The van der Waals surface area contributed by atoms with Crippen LogP contribution in [0.3, 0.4) is 0 Å². The van der Waals surface area contributed by atoms with Crippen LogP contribution in [0.15, 0.2) is 53.3 Å². The number of sulfone groups is 1. The Bertz CT molecular complexity index is 1840. The second-order valence-corrected chi connectivity index (χ2v) is 12.8. The number of aromatic nitrogens is 3. The van der Waals surface area contributed by atoms with E-state index in [2.05, 4.69) is 4.98 Å². The number of hydrogen-bond donors (Lipinski definition) is 2. The third-order valence-corrected chi connectivity index (χ3v) is 8.84. The maximum Gasteiger partial charge on any atom is 0.224 e. The van der Waals surface area contributed by atoms with Crippen molar-refractivity contribution in [3.05, 3.63) is 65.4 Å². The minimum Gasteiger partial charge on any atom is -0.480 e. The molecule has 1 aliphatic rings. The highest BCUT2D eigenvalue weighted by molar-refractivity contribution is 7.91. The molecule has 43 heavy (non-hydrogen) atoms. The first-order chi connectivity index (χ1) is 20.3. The molecule has 1 fully saturated rings. The van der Waals surface area contributed by atoms with Crippen molar-refractivity contribution >= 4 is 61.0 Å². The zero-order valence-corrected chi connectivity index (χ0v) is 24.9. The highest BCUT2D eigenvalue weighted by Gasteiger charge is 2.35. The van der Waals surface area contributed by atoms with Gasteiger partial charge in [0.2, 0.25) is 5.88 Å². The quantitative estimate of drug-likeness (QED) is 0.178. The topological polar surface area (TPSA) is 139 Å². The molecule has 0 bridgehead atoms. The van der Waals surface area contributed by atoms with Crippen molar-refractivity contribution in [1.29, 1.82) is 0 Å². The molecule has 4 N–H and O–H groups in total. The van der Waals surface area contributed by atoms with Crippen molar-refractivity contribution in [2.24, 2.45) is 17.5 Å². The van der Waals surface area contributed by atoms with Crippen LogP contribution >= 0.6 is 0 Å². The highest BCUT2D eigenvalue weighted by Crippen LogP contribution is 2.45. The number of methoxy groups -OCH3 is 1. The van der Waals surface area contributed by atoms with Gasteiger partial charge in [0.1, 0.15) is 16.2 Å². The molecule has 4 aromatic rings. The van der Waals surface area contributed by atoms with Crippen molar-refractivity contribution in [1.82, 2.24) is 19.5 Å². The number of benzene rings is 1. The molecule has 0 spiro atoms. The number of ether oxygens (including phenoxy) is 2. The van der Waals surface area contributed by atoms with Crippen LogP contribution in [0.25, 0.3) is 27.6 Å². The van der Waals surface area contributed by atoms with Gasteiger partial charge in [-0.05, 0) is 30.9 Å². The summed E-state index contributed by atoms with van der Waals surface area (Å²) < 4.78 is 55.3. The van der Waals surface area contributed by atoms with Gasteiger partial charge < -0.3 is 24.8 Å². The van der Waals surface area contributed by atoms with Gasteiger partial charge in [0.25, 0.3) is 0 Å². The van der Waals surface area contributed by atoms with Gasteiger partial charge in [-0.3, -0.25) is 4.98 Å². The van der Waals surface area contributed by atoms with Gasteiger partial charge >= 0.3 is 0 Å². The molecule has 1 atom stereocenters. The van der Waals surface area contributed by atoms with Crippen LogP contribution < -0.4 is 16.3 Å². The summed E-state index contributed by atoms with van der Waals surface area (Å²) >= 11 is 0. The fourth-order valence-electron chi connectivity index (χ4n) is 5.82. The number of pyridine rings is 2. The van der Waals surface area contributed by atoms with Crippen LogP contribution in [0.5, 0.6) is 5.88 Å². The Kier molecular flexibility index (Phi) is 8.27. The van der Waals surface area contributed by atoms with E-state index in [1.54, 1.807) is 28.8 Å². The molecule has 218 valence electrons. The zero-order valence-electron chi connectivity index (χ0n) is 24.1. The SMILES string of the molecule is [B]C([B])([B])/C(N)=C(\c1cnc2c3c(OC)ncc(S(C)(=O)=O)c3n([C@H](c3ccccc3F)C3CCOCC3)c2c1)N(C)N. The molecule has 5 rings (SSSR count). The number of nitrogens with two attached hydrogens (primary N) is 2. The van der Waals surface area contributed by atoms with Crippen molar-refractivity contribution < 1.29 is 22.3 Å². The first-order valence-electron chi connectivity index (χ1n) is 13.5. The number of hydrazine groups is 1. The molecule has 0 unspecified atom stereocenters. The van der Waals surface area contributed by atoms with Crippen molar-refractivity contribution in [3.8, 4) is 5.88 Å². The molecule has 4 heterocycles. The number of nitrogens with zero attached hydrogens (tertiary/aromatic N) is 4. The normalized spacial score (nSPS) is 16.3. The molecular formula is C28H30B3FN6O4S. The van der Waals surface area contributed by atoms with Gasteiger partial charge in [0, 0.05) is 49.5 Å². The Labute approximate surface area is 253 Å². The van der Waals surface area contributed by atoms with Crippen molar-refractivity contribution in [2.75, 3.05) is 33.6 Å². The second-order valence-electron chi connectivity index (χ2n) is 10.8. The summed E-state index contributed by atoms with van der Waals surface area (Å²) in [6, 6.07) is 7.48. The van der Waals surface area contributed by atoms with E-state index < -0.39 is 26.8 Å². The molecule has 6 radical (unpaired) electrons. The Morgan fingerprint density at radius 1 is 1.21 bits per heavy atom. The summed E-state index contributed by atoms with van der Waals surface area (Å²) in [5, 5.41) is -0.353. The summed E-state index contributed by atoms with van der Waals surface area (Å²) in [6.45, 7) is 0.931. The molecule has 0 saturated carbocycles. The van der Waals surface area contributed by atoms with Gasteiger partial charge in [0.15, 0.2) is 9.84 Å². The van der Waals surface area contributed by atoms with E-state index in [1.165, 1.54) is 37.6 Å². The van der Waals surface area contributed by atoms with Crippen LogP contribution in [0.2, 0.25) is 5.11 Å². The minimum atomic E-state index is -3.85. The Hall–Kier alpha value is -3.55. The lowest BCUT2D eigenvalue weighted by Gasteiger charge is -2.33. The van der Waals surface area contributed by atoms with E-state index in [1.807, 2.05) is 0 Å². The Morgan fingerprint density at radius 2 is 1.88 bits per heavy atom. The molecule has 1 saturated heterocycles. The van der Waals surface area contributed by atoms with Gasteiger partial charge in [-0.25, -0.2) is 23.6 Å². The molecular weight excluding hydrogens is 568 g/mol. The molecule has 3 aromatic heterocycles. The smallest absolute Gasteiger partial charge is 0.224 e. The molecule has 10 nitrogen and oxygen atoms in total. The van der Waals surface area contributed by atoms with E-state index in [9.17, 15) is 8.42 Å². The zero-order chi connectivity index (χ0) is 31.3. The van der Waals surface area contributed by atoms with E-state index in [0.717, 1.165) is 6.26 Å². The van der Waals surface area contributed by atoms with Gasteiger partial charge in [-0.2, -0.15) is 0 Å². The largest absolute Gasteiger partial charge is 0.480 e. The van der Waals surface area contributed by atoms with Gasteiger partial charge in [-0.1, -0.05) is 23.3 Å². The Morgan fingerprint density at radius 3 is 2.47 bits per heavy atom. The summed E-state index contributed by atoms with van der Waals surface area (Å²) in [6.07, 6.45) is 5.03. The monoisotopic (exact) mass is 598 g/mol. The summed E-state index contributed by atoms with van der Waals surface area (Å²) in [5.41, 5.74) is 8.22. The summed E-state index contributed by atoms with van der Waals surface area (Å²) in [5.74, 6) is 5.74. The fraction of sp³-hybridized carbons (Fsp3) is 0.357. The van der Waals surface area contributed by atoms with Crippen LogP contribution in [-0.4, -0.2) is 85.1 Å². The second kappa shape index (κ2) is 11.5. The highest BCUT2D eigenvalue weighted by atomic mass is 32.2. The predicted octanol–water partition coefficient (Wildman–Crippen LogP) is 2.16. The molecule has 1 aliphatic heterocycles. The third kappa shape index (κ3) is 5.61. The first kappa shape index (κ1) is 30.9. The molecule has 0 amide bonds. The lowest BCUT2D eigenvalue weighted by molar-refractivity contribution is 0.0548.